The van der Waals surface area contributed by atoms with E-state index in [2.05, 4.69) is 4.90 Å². The predicted molar refractivity (Wildman–Crippen MR) is 71.7 cm³/mol. The molecule has 7 heteroatoms. The molecule has 1 aromatic rings. The highest BCUT2D eigenvalue weighted by molar-refractivity contribution is 5.35. The smallest absolute Gasteiger partial charge is 0.304 e. The molecule has 2 rings (SSSR count). The molecule has 1 aliphatic heterocycles. The highest BCUT2D eigenvalue weighted by atomic mass is 19.1. The van der Waals surface area contributed by atoms with Crippen LogP contribution in [-0.2, 0) is 11.3 Å². The molecule has 1 heterocycles. The van der Waals surface area contributed by atoms with Crippen molar-refractivity contribution in [2.45, 2.75) is 25.6 Å². The second kappa shape index (κ2) is 6.25. The maximum absolute atomic E-state index is 13.6. The molecular formula is C13H18FN3O3. The number of morpholine rings is 1. The van der Waals surface area contributed by atoms with Crippen LogP contribution in [0, 0.1) is 15.9 Å². The molecule has 1 aromatic carbocycles. The lowest BCUT2D eigenvalue weighted by molar-refractivity contribution is -0.387. The Kier molecular flexibility index (Phi) is 4.64. The van der Waals surface area contributed by atoms with Gasteiger partial charge in [0.05, 0.1) is 17.6 Å². The van der Waals surface area contributed by atoms with Crippen molar-refractivity contribution >= 4 is 5.69 Å². The van der Waals surface area contributed by atoms with Crippen molar-refractivity contribution < 1.29 is 14.1 Å². The number of hydrogen-bond donors (Lipinski definition) is 1. The zero-order valence-corrected chi connectivity index (χ0v) is 11.3. The minimum Gasteiger partial charge on any atom is -0.374 e. The molecule has 0 spiro atoms. The van der Waals surface area contributed by atoms with E-state index in [1.54, 1.807) is 6.07 Å². The summed E-state index contributed by atoms with van der Waals surface area (Å²) in [4.78, 5) is 12.0. The zero-order valence-electron chi connectivity index (χ0n) is 11.3. The van der Waals surface area contributed by atoms with E-state index in [1.165, 1.54) is 12.1 Å². The summed E-state index contributed by atoms with van der Waals surface area (Å²) in [5, 5.41) is 10.6. The Balaban J connectivity index is 2.03. The van der Waals surface area contributed by atoms with Gasteiger partial charge < -0.3 is 10.5 Å². The van der Waals surface area contributed by atoms with Crippen molar-refractivity contribution in [2.24, 2.45) is 5.73 Å². The summed E-state index contributed by atoms with van der Waals surface area (Å²) in [6.45, 7) is 4.42. The number of halogens is 1. The van der Waals surface area contributed by atoms with Crippen molar-refractivity contribution in [2.75, 3.05) is 19.7 Å². The highest BCUT2D eigenvalue weighted by Gasteiger charge is 2.24. The normalized spacial score (nSPS) is 21.6. The summed E-state index contributed by atoms with van der Waals surface area (Å²) in [6, 6.07) is 3.94. The lowest BCUT2D eigenvalue weighted by Crippen LogP contribution is -2.49. The minimum absolute atomic E-state index is 0.0355. The van der Waals surface area contributed by atoms with Crippen LogP contribution in [-0.4, -0.2) is 41.7 Å². The molecule has 2 atom stereocenters. The van der Waals surface area contributed by atoms with Gasteiger partial charge in [0.1, 0.15) is 0 Å². The third-order valence-electron chi connectivity index (χ3n) is 3.38. The average Bonchev–Trinajstić information content (AvgIpc) is 2.38. The molecule has 2 unspecified atom stereocenters. The molecule has 0 bridgehead atoms. The highest BCUT2D eigenvalue weighted by Crippen LogP contribution is 2.20. The Morgan fingerprint density at radius 2 is 2.40 bits per heavy atom. The number of nitrogens with two attached hydrogens (primary N) is 1. The molecule has 2 N–H and O–H groups in total. The van der Waals surface area contributed by atoms with Crippen LogP contribution in [0.15, 0.2) is 18.2 Å². The topological polar surface area (TPSA) is 81.6 Å². The van der Waals surface area contributed by atoms with E-state index >= 15 is 0 Å². The monoisotopic (exact) mass is 283 g/mol. The van der Waals surface area contributed by atoms with Gasteiger partial charge >= 0.3 is 5.69 Å². The average molecular weight is 283 g/mol. The Labute approximate surface area is 116 Å². The zero-order chi connectivity index (χ0) is 14.7. The number of ether oxygens (including phenoxy) is 1. The molecule has 0 aromatic heterocycles. The van der Waals surface area contributed by atoms with Crippen LogP contribution >= 0.6 is 0 Å². The third kappa shape index (κ3) is 3.50. The van der Waals surface area contributed by atoms with Gasteiger partial charge in [-0.2, -0.15) is 4.39 Å². The molecule has 1 aliphatic rings. The second-order valence-corrected chi connectivity index (χ2v) is 5.05. The predicted octanol–water partition coefficient (Wildman–Crippen LogP) is 1.28. The maximum atomic E-state index is 13.6. The van der Waals surface area contributed by atoms with Gasteiger partial charge in [-0.3, -0.25) is 15.0 Å². The molecule has 0 amide bonds. The van der Waals surface area contributed by atoms with E-state index < -0.39 is 16.4 Å². The number of rotatable bonds is 4. The van der Waals surface area contributed by atoms with Gasteiger partial charge in [-0.1, -0.05) is 6.07 Å². The molecule has 1 fully saturated rings. The van der Waals surface area contributed by atoms with Gasteiger partial charge in [0.2, 0.25) is 5.82 Å². The van der Waals surface area contributed by atoms with E-state index in [9.17, 15) is 14.5 Å². The molecular weight excluding hydrogens is 265 g/mol. The first-order valence-electron chi connectivity index (χ1n) is 6.49. The van der Waals surface area contributed by atoms with Crippen LogP contribution in [0.2, 0.25) is 0 Å². The Bertz CT molecular complexity index is 496. The van der Waals surface area contributed by atoms with Crippen LogP contribution in [0.4, 0.5) is 10.1 Å². The second-order valence-electron chi connectivity index (χ2n) is 5.05. The minimum atomic E-state index is -0.801. The van der Waals surface area contributed by atoms with Crippen molar-refractivity contribution in [3.05, 3.63) is 39.7 Å². The lowest BCUT2D eigenvalue weighted by atomic mass is 10.1. The molecule has 110 valence electrons. The van der Waals surface area contributed by atoms with Crippen LogP contribution in [0.5, 0.6) is 0 Å². The molecule has 0 saturated carbocycles. The van der Waals surface area contributed by atoms with E-state index in [1.807, 2.05) is 6.92 Å². The molecule has 0 aliphatic carbocycles. The summed E-state index contributed by atoms with van der Waals surface area (Å²) in [5.41, 5.74) is 6.02. The number of nitrogens with zero attached hydrogens (tertiary/aromatic N) is 2. The van der Waals surface area contributed by atoms with Gasteiger partial charge in [-0.05, 0) is 18.6 Å². The van der Waals surface area contributed by atoms with Crippen molar-refractivity contribution in [1.29, 1.82) is 0 Å². The number of nitro groups is 1. The lowest BCUT2D eigenvalue weighted by Gasteiger charge is -2.34. The fourth-order valence-electron chi connectivity index (χ4n) is 2.25. The Hall–Kier alpha value is -1.57. The maximum Gasteiger partial charge on any atom is 0.304 e. The van der Waals surface area contributed by atoms with Crippen LogP contribution in [0.1, 0.15) is 12.5 Å². The molecule has 1 saturated heterocycles. The quantitative estimate of drug-likeness (QED) is 0.665. The SMILES string of the molecule is CC(N)C1CN(Cc2ccc([N+](=O)[O-])c(F)c2)CCO1. The summed E-state index contributed by atoms with van der Waals surface area (Å²) in [7, 11) is 0. The largest absolute Gasteiger partial charge is 0.374 e. The fraction of sp³-hybridized carbons (Fsp3) is 0.538. The third-order valence-corrected chi connectivity index (χ3v) is 3.38. The molecule has 20 heavy (non-hydrogen) atoms. The Morgan fingerprint density at radius 3 is 3.00 bits per heavy atom. The van der Waals surface area contributed by atoms with Crippen molar-refractivity contribution in [3.8, 4) is 0 Å². The first-order chi connectivity index (χ1) is 9.47. The molecule has 6 nitrogen and oxygen atoms in total. The van der Waals surface area contributed by atoms with E-state index in [-0.39, 0.29) is 12.1 Å². The van der Waals surface area contributed by atoms with Gasteiger partial charge in [0.25, 0.3) is 0 Å². The first kappa shape index (κ1) is 14.8. The molecule has 0 radical (unpaired) electrons. The first-order valence-corrected chi connectivity index (χ1v) is 6.49. The summed E-state index contributed by atoms with van der Waals surface area (Å²) in [5.74, 6) is -0.801. The summed E-state index contributed by atoms with van der Waals surface area (Å²) in [6.07, 6.45) is -0.0355. The summed E-state index contributed by atoms with van der Waals surface area (Å²) >= 11 is 0. The van der Waals surface area contributed by atoms with Crippen LogP contribution in [0.3, 0.4) is 0 Å². The van der Waals surface area contributed by atoms with E-state index in [0.29, 0.717) is 25.3 Å². The van der Waals surface area contributed by atoms with Gasteiger partial charge in [-0.25, -0.2) is 0 Å². The number of nitro benzene ring substituents is 1. The van der Waals surface area contributed by atoms with E-state index in [4.69, 9.17) is 10.5 Å². The van der Waals surface area contributed by atoms with Gasteiger partial charge in [0, 0.05) is 31.7 Å². The summed E-state index contributed by atoms with van der Waals surface area (Å²) < 4.78 is 19.1. The number of hydrogen-bond acceptors (Lipinski definition) is 5. The van der Waals surface area contributed by atoms with Crippen LogP contribution in [0.25, 0.3) is 0 Å². The van der Waals surface area contributed by atoms with Gasteiger partial charge in [-0.15, -0.1) is 0 Å². The fourth-order valence-corrected chi connectivity index (χ4v) is 2.25. The Morgan fingerprint density at radius 1 is 1.65 bits per heavy atom. The van der Waals surface area contributed by atoms with Crippen molar-refractivity contribution in [3.63, 3.8) is 0 Å². The van der Waals surface area contributed by atoms with Gasteiger partial charge in [0.15, 0.2) is 0 Å². The van der Waals surface area contributed by atoms with Crippen molar-refractivity contribution in [1.82, 2.24) is 4.90 Å². The van der Waals surface area contributed by atoms with E-state index in [0.717, 1.165) is 6.54 Å². The van der Waals surface area contributed by atoms with Crippen LogP contribution < -0.4 is 5.73 Å². The number of benzene rings is 1. The standard InChI is InChI=1S/C13H18FN3O3/c1-9(15)13-8-16(4-5-20-13)7-10-2-3-12(17(18)19)11(14)6-10/h2-3,6,9,13H,4-5,7-8,15H2,1H3.